The first-order valence-corrected chi connectivity index (χ1v) is 3.94. The Kier molecular flexibility index (Phi) is 3.60. The fourth-order valence-electron chi connectivity index (χ4n) is 1.23. The third-order valence-corrected chi connectivity index (χ3v) is 2.02. The van der Waals surface area contributed by atoms with Gasteiger partial charge in [-0.1, -0.05) is 0 Å². The predicted octanol–water partition coefficient (Wildman–Crippen LogP) is -2.57. The molecule has 0 bridgehead atoms. The summed E-state index contributed by atoms with van der Waals surface area (Å²) < 4.78 is 9.49. The van der Waals surface area contributed by atoms with Crippen molar-refractivity contribution in [3.63, 3.8) is 0 Å². The van der Waals surface area contributed by atoms with Crippen LogP contribution in [-0.4, -0.2) is 64.8 Å². The Balaban J connectivity index is 2.59. The first-order chi connectivity index (χ1) is 6.07. The van der Waals surface area contributed by atoms with Gasteiger partial charge in [-0.2, -0.15) is 0 Å². The van der Waals surface area contributed by atoms with Gasteiger partial charge in [0.2, 0.25) is 0 Å². The molecule has 1 heterocycles. The van der Waals surface area contributed by atoms with E-state index < -0.39 is 30.7 Å². The van der Waals surface area contributed by atoms with Gasteiger partial charge in [-0.15, -0.1) is 0 Å². The van der Waals surface area contributed by atoms with E-state index >= 15 is 0 Å². The summed E-state index contributed by atoms with van der Waals surface area (Å²) in [6, 6.07) is 0. The molecule has 5 atom stereocenters. The summed E-state index contributed by atoms with van der Waals surface area (Å²) in [5.74, 6) is 0. The second kappa shape index (κ2) is 4.32. The molecule has 1 saturated heterocycles. The van der Waals surface area contributed by atoms with Crippen LogP contribution < -0.4 is 0 Å². The zero-order chi connectivity index (χ0) is 10.0. The average molecular weight is 194 g/mol. The van der Waals surface area contributed by atoms with Crippen LogP contribution in [0.2, 0.25) is 0 Å². The van der Waals surface area contributed by atoms with Gasteiger partial charge in [-0.3, -0.25) is 0 Å². The van der Waals surface area contributed by atoms with E-state index in [1.165, 1.54) is 7.11 Å². The SMILES string of the molecule is COCC1O[C@@H](O)C(O)C(O)[C@@H]1O. The molecule has 0 saturated carbocycles. The van der Waals surface area contributed by atoms with Crippen LogP contribution in [0.15, 0.2) is 0 Å². The smallest absolute Gasteiger partial charge is 0.184 e. The van der Waals surface area contributed by atoms with E-state index in [9.17, 15) is 10.2 Å². The highest BCUT2D eigenvalue weighted by atomic mass is 16.6. The first-order valence-electron chi connectivity index (χ1n) is 3.94. The molecule has 1 fully saturated rings. The molecular formula is C7H14O6. The molecule has 6 nitrogen and oxygen atoms in total. The molecule has 0 aromatic rings. The minimum atomic E-state index is -1.49. The largest absolute Gasteiger partial charge is 0.387 e. The average Bonchev–Trinajstić information content (AvgIpc) is 2.11. The standard InChI is InChI=1S/C7H14O6/c1-12-2-3-4(8)5(9)6(10)7(11)13-3/h3-11H,2H2,1H3/t3?,4-,5?,6?,7-/m1/s1. The Bertz CT molecular complexity index is 163. The number of ether oxygens (including phenoxy) is 2. The van der Waals surface area contributed by atoms with Crippen LogP contribution in [-0.2, 0) is 9.47 Å². The molecule has 1 rings (SSSR count). The van der Waals surface area contributed by atoms with E-state index in [0.29, 0.717) is 0 Å². The number of aliphatic hydroxyl groups excluding tert-OH is 4. The Morgan fingerprint density at radius 3 is 2.23 bits per heavy atom. The predicted molar refractivity (Wildman–Crippen MR) is 40.8 cm³/mol. The molecule has 4 N–H and O–H groups in total. The van der Waals surface area contributed by atoms with E-state index in [-0.39, 0.29) is 6.61 Å². The van der Waals surface area contributed by atoms with Crippen molar-refractivity contribution in [2.75, 3.05) is 13.7 Å². The van der Waals surface area contributed by atoms with Gasteiger partial charge in [0, 0.05) is 7.11 Å². The van der Waals surface area contributed by atoms with Crippen LogP contribution in [0.4, 0.5) is 0 Å². The van der Waals surface area contributed by atoms with Crippen LogP contribution in [0.25, 0.3) is 0 Å². The minimum absolute atomic E-state index is 0.0437. The molecule has 3 unspecified atom stereocenters. The fraction of sp³-hybridized carbons (Fsp3) is 1.00. The second-order valence-corrected chi connectivity index (χ2v) is 2.99. The van der Waals surface area contributed by atoms with Gasteiger partial charge in [0.15, 0.2) is 6.29 Å². The quantitative estimate of drug-likeness (QED) is 0.386. The third kappa shape index (κ3) is 2.16. The maximum atomic E-state index is 9.33. The molecule has 78 valence electrons. The summed E-state index contributed by atoms with van der Waals surface area (Å²) in [6.45, 7) is 0.0437. The van der Waals surface area contributed by atoms with Crippen molar-refractivity contribution in [2.45, 2.75) is 30.7 Å². The lowest BCUT2D eigenvalue weighted by atomic mass is 9.99. The Hall–Kier alpha value is -0.240. The maximum Gasteiger partial charge on any atom is 0.184 e. The molecule has 0 aromatic heterocycles. The molecule has 1 aliphatic rings. The van der Waals surface area contributed by atoms with E-state index in [1.807, 2.05) is 0 Å². The van der Waals surface area contributed by atoms with Crippen LogP contribution in [0, 0.1) is 0 Å². The van der Waals surface area contributed by atoms with Gasteiger partial charge >= 0.3 is 0 Å². The van der Waals surface area contributed by atoms with Gasteiger partial charge in [-0.05, 0) is 0 Å². The van der Waals surface area contributed by atoms with Gasteiger partial charge in [-0.25, -0.2) is 0 Å². The van der Waals surface area contributed by atoms with Crippen LogP contribution in [0.5, 0.6) is 0 Å². The molecule has 6 heteroatoms. The first kappa shape index (κ1) is 10.8. The van der Waals surface area contributed by atoms with Crippen molar-refractivity contribution in [3.05, 3.63) is 0 Å². The lowest BCUT2D eigenvalue weighted by Crippen LogP contribution is -2.58. The molecule has 0 amide bonds. The highest BCUT2D eigenvalue weighted by molar-refractivity contribution is 4.88. The number of aliphatic hydroxyl groups is 4. The van der Waals surface area contributed by atoms with Crippen molar-refractivity contribution in [1.82, 2.24) is 0 Å². The lowest BCUT2D eigenvalue weighted by Gasteiger charge is -2.37. The van der Waals surface area contributed by atoms with Crippen molar-refractivity contribution < 1.29 is 29.9 Å². The topological polar surface area (TPSA) is 99.4 Å². The van der Waals surface area contributed by atoms with Gasteiger partial charge < -0.3 is 29.9 Å². The molecule has 0 aliphatic carbocycles. The normalized spacial score (nSPS) is 46.4. The van der Waals surface area contributed by atoms with E-state index in [0.717, 1.165) is 0 Å². The zero-order valence-corrected chi connectivity index (χ0v) is 7.20. The summed E-state index contributed by atoms with van der Waals surface area (Å²) in [4.78, 5) is 0. The summed E-state index contributed by atoms with van der Waals surface area (Å²) in [5.41, 5.74) is 0. The van der Waals surface area contributed by atoms with E-state index in [2.05, 4.69) is 0 Å². The van der Waals surface area contributed by atoms with Crippen molar-refractivity contribution in [3.8, 4) is 0 Å². The number of hydrogen-bond donors (Lipinski definition) is 4. The van der Waals surface area contributed by atoms with Crippen LogP contribution in [0.1, 0.15) is 0 Å². The Labute approximate surface area is 75.3 Å². The summed E-state index contributed by atoms with van der Waals surface area (Å²) in [7, 11) is 1.40. The highest BCUT2D eigenvalue weighted by Gasteiger charge is 2.42. The van der Waals surface area contributed by atoms with Gasteiger partial charge in [0.1, 0.15) is 24.4 Å². The molecule has 0 aromatic carbocycles. The van der Waals surface area contributed by atoms with Crippen LogP contribution >= 0.6 is 0 Å². The van der Waals surface area contributed by atoms with Crippen molar-refractivity contribution >= 4 is 0 Å². The van der Waals surface area contributed by atoms with Gasteiger partial charge in [0.05, 0.1) is 6.61 Å². The summed E-state index contributed by atoms with van der Waals surface area (Å²) in [5, 5.41) is 36.7. The van der Waals surface area contributed by atoms with Crippen molar-refractivity contribution in [1.29, 1.82) is 0 Å². The molecule has 1 aliphatic heterocycles. The number of rotatable bonds is 2. The van der Waals surface area contributed by atoms with Crippen LogP contribution in [0.3, 0.4) is 0 Å². The van der Waals surface area contributed by atoms with Crippen molar-refractivity contribution in [2.24, 2.45) is 0 Å². The van der Waals surface area contributed by atoms with E-state index in [4.69, 9.17) is 19.7 Å². The monoisotopic (exact) mass is 194 g/mol. The number of hydrogen-bond acceptors (Lipinski definition) is 6. The van der Waals surface area contributed by atoms with Gasteiger partial charge in [0.25, 0.3) is 0 Å². The molecular weight excluding hydrogens is 180 g/mol. The third-order valence-electron chi connectivity index (χ3n) is 2.02. The Morgan fingerprint density at radius 2 is 1.69 bits per heavy atom. The minimum Gasteiger partial charge on any atom is -0.387 e. The molecule has 0 radical (unpaired) electrons. The molecule has 0 spiro atoms. The molecule has 13 heavy (non-hydrogen) atoms. The second-order valence-electron chi connectivity index (χ2n) is 2.99. The summed E-state index contributed by atoms with van der Waals surface area (Å²) in [6.07, 6.45) is -6.46. The fourth-order valence-corrected chi connectivity index (χ4v) is 1.23. The Morgan fingerprint density at radius 1 is 1.08 bits per heavy atom. The zero-order valence-electron chi connectivity index (χ0n) is 7.20. The lowest BCUT2D eigenvalue weighted by molar-refractivity contribution is -0.287. The summed E-state index contributed by atoms with van der Waals surface area (Å²) >= 11 is 0. The number of methoxy groups -OCH3 is 1. The van der Waals surface area contributed by atoms with E-state index in [1.54, 1.807) is 0 Å². The highest BCUT2D eigenvalue weighted by Crippen LogP contribution is 2.19. The maximum absolute atomic E-state index is 9.33.